The number of fused-ring (bicyclic) bond motifs is 1. The molecule has 0 spiro atoms. The number of hydrogen-bond donors (Lipinski definition) is 1. The summed E-state index contributed by atoms with van der Waals surface area (Å²) < 4.78 is 5.38. The molecule has 3 aromatic rings. The van der Waals surface area contributed by atoms with Crippen molar-refractivity contribution in [3.05, 3.63) is 66.2 Å². The zero-order valence-electron chi connectivity index (χ0n) is 11.5. The minimum absolute atomic E-state index is 0.299. The molecule has 0 radical (unpaired) electrons. The molecule has 3 aromatic carbocycles. The predicted molar refractivity (Wildman–Crippen MR) is 82.9 cm³/mol. The van der Waals surface area contributed by atoms with Crippen LogP contribution in [0.2, 0.25) is 0 Å². The van der Waals surface area contributed by atoms with Gasteiger partial charge in [0, 0.05) is 5.39 Å². The molecule has 0 saturated carbocycles. The number of carboxylic acids is 1. The highest BCUT2D eigenvalue weighted by atomic mass is 16.5. The molecule has 3 nitrogen and oxygen atoms in total. The first-order chi connectivity index (χ1) is 10.2. The molecule has 0 bridgehead atoms. The first-order valence-corrected chi connectivity index (χ1v) is 6.61. The third kappa shape index (κ3) is 2.23. The van der Waals surface area contributed by atoms with Crippen LogP contribution in [0.1, 0.15) is 10.4 Å². The van der Waals surface area contributed by atoms with E-state index in [1.807, 2.05) is 48.5 Å². The Morgan fingerprint density at radius 2 is 1.52 bits per heavy atom. The molecule has 21 heavy (non-hydrogen) atoms. The van der Waals surface area contributed by atoms with E-state index >= 15 is 0 Å². The van der Waals surface area contributed by atoms with Crippen molar-refractivity contribution in [3.8, 4) is 16.9 Å². The standard InChI is InChI=1S/C18H14O3/c1-21-17-11-10-14(12-6-2-4-8-15(12)17)13-7-3-5-9-16(13)18(19)20/h2-11H,1H3,(H,19,20). The van der Waals surface area contributed by atoms with Gasteiger partial charge in [0.25, 0.3) is 0 Å². The summed E-state index contributed by atoms with van der Waals surface area (Å²) in [5.41, 5.74) is 1.90. The van der Waals surface area contributed by atoms with E-state index in [9.17, 15) is 9.90 Å². The van der Waals surface area contributed by atoms with Gasteiger partial charge in [0.15, 0.2) is 0 Å². The molecule has 0 saturated heterocycles. The molecule has 1 N–H and O–H groups in total. The first kappa shape index (κ1) is 13.2. The number of benzene rings is 3. The SMILES string of the molecule is COc1ccc(-c2ccccc2C(=O)O)c2ccccc12. The lowest BCUT2D eigenvalue weighted by atomic mass is 9.94. The summed E-state index contributed by atoms with van der Waals surface area (Å²) in [5, 5.41) is 11.3. The van der Waals surface area contributed by atoms with Gasteiger partial charge in [-0.1, -0.05) is 48.5 Å². The smallest absolute Gasteiger partial charge is 0.336 e. The van der Waals surface area contributed by atoms with Gasteiger partial charge in [-0.2, -0.15) is 0 Å². The highest BCUT2D eigenvalue weighted by molar-refractivity contribution is 6.05. The molecule has 0 aliphatic rings. The van der Waals surface area contributed by atoms with Gasteiger partial charge in [0.2, 0.25) is 0 Å². The van der Waals surface area contributed by atoms with Crippen molar-refractivity contribution < 1.29 is 14.6 Å². The van der Waals surface area contributed by atoms with Crippen LogP contribution in [-0.2, 0) is 0 Å². The molecule has 0 aliphatic carbocycles. The summed E-state index contributed by atoms with van der Waals surface area (Å²) in [6.45, 7) is 0. The summed E-state index contributed by atoms with van der Waals surface area (Å²) in [6, 6.07) is 18.6. The second-order valence-corrected chi connectivity index (χ2v) is 4.71. The van der Waals surface area contributed by atoms with Crippen molar-refractivity contribution in [3.63, 3.8) is 0 Å². The van der Waals surface area contributed by atoms with Crippen LogP contribution in [0.5, 0.6) is 5.75 Å². The highest BCUT2D eigenvalue weighted by Crippen LogP contribution is 2.35. The van der Waals surface area contributed by atoms with E-state index < -0.39 is 5.97 Å². The molecule has 104 valence electrons. The molecule has 3 rings (SSSR count). The third-order valence-corrected chi connectivity index (χ3v) is 3.55. The van der Waals surface area contributed by atoms with Gasteiger partial charge in [-0.3, -0.25) is 0 Å². The van der Waals surface area contributed by atoms with Crippen LogP contribution in [0, 0.1) is 0 Å². The summed E-state index contributed by atoms with van der Waals surface area (Å²) in [5.74, 6) is -0.146. The van der Waals surface area contributed by atoms with Crippen LogP contribution in [0.4, 0.5) is 0 Å². The number of hydrogen-bond acceptors (Lipinski definition) is 2. The number of carboxylic acid groups (broad SMARTS) is 1. The Balaban J connectivity index is 2.35. The minimum atomic E-state index is -0.925. The molecule has 0 aliphatic heterocycles. The summed E-state index contributed by atoms with van der Waals surface area (Å²) in [4.78, 5) is 11.4. The maximum atomic E-state index is 11.4. The lowest BCUT2D eigenvalue weighted by molar-refractivity contribution is 0.0698. The zero-order valence-corrected chi connectivity index (χ0v) is 11.5. The van der Waals surface area contributed by atoms with Gasteiger partial charge < -0.3 is 9.84 Å². The average molecular weight is 278 g/mol. The van der Waals surface area contributed by atoms with Crippen molar-refractivity contribution in [2.75, 3.05) is 7.11 Å². The maximum Gasteiger partial charge on any atom is 0.336 e. The van der Waals surface area contributed by atoms with Crippen LogP contribution in [0.25, 0.3) is 21.9 Å². The van der Waals surface area contributed by atoms with Crippen molar-refractivity contribution in [1.82, 2.24) is 0 Å². The maximum absolute atomic E-state index is 11.4. The molecule has 3 heteroatoms. The Bertz CT molecular complexity index is 822. The van der Waals surface area contributed by atoms with E-state index in [4.69, 9.17) is 4.74 Å². The van der Waals surface area contributed by atoms with E-state index in [1.54, 1.807) is 19.2 Å². The Morgan fingerprint density at radius 1 is 0.857 bits per heavy atom. The van der Waals surface area contributed by atoms with E-state index in [-0.39, 0.29) is 0 Å². The fraction of sp³-hybridized carbons (Fsp3) is 0.0556. The van der Waals surface area contributed by atoms with Crippen molar-refractivity contribution in [2.45, 2.75) is 0 Å². The van der Waals surface area contributed by atoms with E-state index in [1.165, 1.54) is 0 Å². The van der Waals surface area contributed by atoms with Crippen LogP contribution >= 0.6 is 0 Å². The van der Waals surface area contributed by atoms with E-state index in [0.29, 0.717) is 11.1 Å². The van der Waals surface area contributed by atoms with Crippen molar-refractivity contribution >= 4 is 16.7 Å². The molecular weight excluding hydrogens is 264 g/mol. The lowest BCUT2D eigenvalue weighted by Crippen LogP contribution is -1.99. The van der Waals surface area contributed by atoms with Gasteiger partial charge in [-0.05, 0) is 28.6 Å². The Kier molecular flexibility index (Phi) is 3.32. The van der Waals surface area contributed by atoms with E-state index in [2.05, 4.69) is 0 Å². The fourth-order valence-electron chi connectivity index (χ4n) is 2.59. The monoisotopic (exact) mass is 278 g/mol. The van der Waals surface area contributed by atoms with Gasteiger partial charge in [0.1, 0.15) is 5.75 Å². The molecule has 0 unspecified atom stereocenters. The minimum Gasteiger partial charge on any atom is -0.496 e. The molecule has 0 heterocycles. The first-order valence-electron chi connectivity index (χ1n) is 6.61. The van der Waals surface area contributed by atoms with Crippen LogP contribution in [0.3, 0.4) is 0 Å². The van der Waals surface area contributed by atoms with Gasteiger partial charge in [-0.15, -0.1) is 0 Å². The van der Waals surface area contributed by atoms with Crippen molar-refractivity contribution in [1.29, 1.82) is 0 Å². The lowest BCUT2D eigenvalue weighted by Gasteiger charge is -2.12. The predicted octanol–water partition coefficient (Wildman–Crippen LogP) is 4.21. The van der Waals surface area contributed by atoms with Crippen LogP contribution < -0.4 is 4.74 Å². The van der Waals surface area contributed by atoms with Gasteiger partial charge in [-0.25, -0.2) is 4.79 Å². The van der Waals surface area contributed by atoms with Gasteiger partial charge >= 0.3 is 5.97 Å². The zero-order chi connectivity index (χ0) is 14.8. The van der Waals surface area contributed by atoms with Gasteiger partial charge in [0.05, 0.1) is 12.7 Å². The van der Waals surface area contributed by atoms with E-state index in [0.717, 1.165) is 22.1 Å². The molecular formula is C18H14O3. The normalized spacial score (nSPS) is 10.5. The molecule has 0 fully saturated rings. The Hall–Kier alpha value is -2.81. The fourth-order valence-corrected chi connectivity index (χ4v) is 2.59. The van der Waals surface area contributed by atoms with Crippen LogP contribution in [0.15, 0.2) is 60.7 Å². The topological polar surface area (TPSA) is 46.5 Å². The Morgan fingerprint density at radius 3 is 2.24 bits per heavy atom. The number of rotatable bonds is 3. The second kappa shape index (κ2) is 5.29. The molecule has 0 aromatic heterocycles. The largest absolute Gasteiger partial charge is 0.496 e. The number of carbonyl (C=O) groups is 1. The summed E-state index contributed by atoms with van der Waals surface area (Å²) in [7, 11) is 1.63. The third-order valence-electron chi connectivity index (χ3n) is 3.55. The molecule has 0 amide bonds. The Labute approximate surface area is 122 Å². The van der Waals surface area contributed by atoms with Crippen LogP contribution in [-0.4, -0.2) is 18.2 Å². The quantitative estimate of drug-likeness (QED) is 0.780. The summed E-state index contributed by atoms with van der Waals surface area (Å²) >= 11 is 0. The summed E-state index contributed by atoms with van der Waals surface area (Å²) in [6.07, 6.45) is 0. The second-order valence-electron chi connectivity index (χ2n) is 4.71. The molecule has 0 atom stereocenters. The number of aromatic carboxylic acids is 1. The van der Waals surface area contributed by atoms with Crippen molar-refractivity contribution in [2.24, 2.45) is 0 Å². The number of methoxy groups -OCH3 is 1. The highest BCUT2D eigenvalue weighted by Gasteiger charge is 2.14. The number of ether oxygens (including phenoxy) is 1. The average Bonchev–Trinajstić information content (AvgIpc) is 2.53.